The second kappa shape index (κ2) is 8.56. The summed E-state index contributed by atoms with van der Waals surface area (Å²) in [6, 6.07) is 11.5. The van der Waals surface area contributed by atoms with Gasteiger partial charge in [0.05, 0.1) is 17.9 Å². The third-order valence-corrected chi connectivity index (χ3v) is 5.79. The number of benzene rings is 2. The molecular formula is C22H22ClN5O3. The third kappa shape index (κ3) is 4.22. The molecular weight excluding hydrogens is 418 g/mol. The fourth-order valence-electron chi connectivity index (χ4n) is 4.18. The Balaban J connectivity index is 1.31. The molecule has 0 saturated carbocycles. The highest BCUT2D eigenvalue weighted by atomic mass is 35.5. The predicted octanol–water partition coefficient (Wildman–Crippen LogP) is 3.47. The summed E-state index contributed by atoms with van der Waals surface area (Å²) in [7, 11) is 0. The molecule has 1 N–H and O–H groups in total. The van der Waals surface area contributed by atoms with Gasteiger partial charge in [-0.2, -0.15) is 5.10 Å². The fourth-order valence-corrected chi connectivity index (χ4v) is 4.35. The first-order chi connectivity index (χ1) is 15.2. The van der Waals surface area contributed by atoms with Gasteiger partial charge in [0.15, 0.2) is 11.5 Å². The number of halogens is 1. The second-order valence-corrected chi connectivity index (χ2v) is 8.02. The summed E-state index contributed by atoms with van der Waals surface area (Å²) < 4.78 is 13.0. The number of hydrogen-bond acceptors (Lipinski definition) is 6. The number of fused-ring (bicyclic) bond motifs is 1. The largest absolute Gasteiger partial charge is 0.486 e. The number of amides is 1. The average Bonchev–Trinajstić information content (AvgIpc) is 3.46. The van der Waals surface area contributed by atoms with Gasteiger partial charge >= 0.3 is 0 Å². The molecule has 2 aliphatic heterocycles. The van der Waals surface area contributed by atoms with Crippen molar-refractivity contribution in [3.05, 3.63) is 59.6 Å². The van der Waals surface area contributed by atoms with Gasteiger partial charge in [-0.05, 0) is 55.3 Å². The summed E-state index contributed by atoms with van der Waals surface area (Å²) in [4.78, 5) is 19.1. The zero-order valence-electron chi connectivity index (χ0n) is 16.8. The number of nitrogens with one attached hydrogen (secondary N) is 1. The summed E-state index contributed by atoms with van der Waals surface area (Å²) >= 11 is 6.16. The minimum Gasteiger partial charge on any atom is -0.486 e. The van der Waals surface area contributed by atoms with E-state index < -0.39 is 0 Å². The molecule has 160 valence electrons. The van der Waals surface area contributed by atoms with Crippen molar-refractivity contribution in [1.29, 1.82) is 0 Å². The Morgan fingerprint density at radius 3 is 2.87 bits per heavy atom. The summed E-state index contributed by atoms with van der Waals surface area (Å²) in [5.41, 5.74) is 2.44. The van der Waals surface area contributed by atoms with Crippen molar-refractivity contribution in [2.45, 2.75) is 18.9 Å². The van der Waals surface area contributed by atoms with E-state index >= 15 is 0 Å². The number of hydrogen-bond donors (Lipinski definition) is 1. The van der Waals surface area contributed by atoms with Crippen molar-refractivity contribution in [3.8, 4) is 17.2 Å². The number of carbonyl (C=O) groups excluding carboxylic acids is 1. The Labute approximate surface area is 184 Å². The Bertz CT molecular complexity index is 1090. The van der Waals surface area contributed by atoms with Crippen LogP contribution in [0.4, 0.5) is 5.69 Å². The number of aromatic nitrogens is 3. The molecule has 1 atom stereocenters. The minimum absolute atomic E-state index is 0.104. The van der Waals surface area contributed by atoms with E-state index in [2.05, 4.69) is 26.4 Å². The first kappa shape index (κ1) is 19.8. The SMILES string of the molecule is O=C(CN1CCC[C@H]1c1ccc2c(c1)OCCO2)Nc1cc(Cl)ccc1-n1cncn1. The van der Waals surface area contributed by atoms with E-state index in [0.717, 1.165) is 36.4 Å². The van der Waals surface area contributed by atoms with Crippen LogP contribution in [0.3, 0.4) is 0 Å². The van der Waals surface area contributed by atoms with Gasteiger partial charge in [0, 0.05) is 11.1 Å². The van der Waals surface area contributed by atoms with Gasteiger partial charge in [0.1, 0.15) is 25.9 Å². The maximum absolute atomic E-state index is 12.9. The number of carbonyl (C=O) groups is 1. The molecule has 0 spiro atoms. The van der Waals surface area contributed by atoms with Gasteiger partial charge in [-0.25, -0.2) is 9.67 Å². The molecule has 3 aromatic rings. The van der Waals surface area contributed by atoms with Gasteiger partial charge in [-0.15, -0.1) is 0 Å². The van der Waals surface area contributed by atoms with Crippen LogP contribution in [-0.4, -0.2) is 51.9 Å². The highest BCUT2D eigenvalue weighted by Crippen LogP contribution is 2.38. The Morgan fingerprint density at radius 2 is 2.03 bits per heavy atom. The molecule has 1 fully saturated rings. The highest BCUT2D eigenvalue weighted by molar-refractivity contribution is 6.31. The normalized spacial score (nSPS) is 18.2. The van der Waals surface area contributed by atoms with Gasteiger partial charge in [0.2, 0.25) is 5.91 Å². The first-order valence-electron chi connectivity index (χ1n) is 10.3. The molecule has 3 heterocycles. The smallest absolute Gasteiger partial charge is 0.238 e. The molecule has 5 rings (SSSR count). The molecule has 0 bridgehead atoms. The van der Waals surface area contributed by atoms with Crippen LogP contribution in [-0.2, 0) is 4.79 Å². The molecule has 1 amide bonds. The van der Waals surface area contributed by atoms with Crippen molar-refractivity contribution >= 4 is 23.2 Å². The third-order valence-electron chi connectivity index (χ3n) is 5.56. The van der Waals surface area contributed by atoms with Gasteiger partial charge in [-0.3, -0.25) is 9.69 Å². The van der Waals surface area contributed by atoms with Crippen LogP contribution in [0.1, 0.15) is 24.4 Å². The van der Waals surface area contributed by atoms with E-state index in [1.807, 2.05) is 12.1 Å². The van der Waals surface area contributed by atoms with Crippen LogP contribution < -0.4 is 14.8 Å². The average molecular weight is 440 g/mol. The van der Waals surface area contributed by atoms with E-state index in [1.54, 1.807) is 29.2 Å². The lowest BCUT2D eigenvalue weighted by Crippen LogP contribution is -2.33. The molecule has 31 heavy (non-hydrogen) atoms. The molecule has 2 aromatic carbocycles. The number of anilines is 1. The number of nitrogens with zero attached hydrogens (tertiary/aromatic N) is 4. The van der Waals surface area contributed by atoms with Gasteiger partial charge in [-0.1, -0.05) is 17.7 Å². The van der Waals surface area contributed by atoms with Crippen molar-refractivity contribution in [2.75, 3.05) is 31.6 Å². The Kier molecular flexibility index (Phi) is 5.48. The van der Waals surface area contributed by atoms with Crippen molar-refractivity contribution < 1.29 is 14.3 Å². The van der Waals surface area contributed by atoms with E-state index in [4.69, 9.17) is 21.1 Å². The molecule has 0 aliphatic carbocycles. The van der Waals surface area contributed by atoms with Crippen LogP contribution in [0.15, 0.2) is 49.1 Å². The maximum Gasteiger partial charge on any atom is 0.238 e. The summed E-state index contributed by atoms with van der Waals surface area (Å²) in [6.07, 6.45) is 5.06. The first-order valence-corrected chi connectivity index (χ1v) is 10.6. The summed E-state index contributed by atoms with van der Waals surface area (Å²) in [5, 5.41) is 7.68. The standard InChI is InChI=1S/C22H22ClN5O3/c23-16-4-5-19(28-14-24-13-25-28)17(11-16)26-22(29)12-27-7-1-2-18(27)15-3-6-20-21(10-15)31-9-8-30-20/h3-6,10-11,13-14,18H,1-2,7-9,12H2,(H,26,29)/t18-/m0/s1. The van der Waals surface area contributed by atoms with Gasteiger partial charge in [0.25, 0.3) is 0 Å². The summed E-state index contributed by atoms with van der Waals surface area (Å²) in [6.45, 7) is 2.27. The number of rotatable bonds is 5. The molecule has 0 radical (unpaired) electrons. The van der Waals surface area contributed by atoms with Crippen LogP contribution >= 0.6 is 11.6 Å². The Hall–Kier alpha value is -3.10. The van der Waals surface area contributed by atoms with E-state index in [-0.39, 0.29) is 18.5 Å². The van der Waals surface area contributed by atoms with E-state index in [9.17, 15) is 4.79 Å². The number of ether oxygens (including phenoxy) is 2. The maximum atomic E-state index is 12.9. The monoisotopic (exact) mass is 439 g/mol. The van der Waals surface area contributed by atoms with Crippen molar-refractivity contribution in [3.63, 3.8) is 0 Å². The second-order valence-electron chi connectivity index (χ2n) is 7.58. The van der Waals surface area contributed by atoms with Crippen molar-refractivity contribution in [2.24, 2.45) is 0 Å². The summed E-state index contributed by atoms with van der Waals surface area (Å²) in [5.74, 6) is 1.45. The number of likely N-dealkylation sites (tertiary alicyclic amines) is 1. The highest BCUT2D eigenvalue weighted by Gasteiger charge is 2.29. The zero-order chi connectivity index (χ0) is 21.2. The Morgan fingerprint density at radius 1 is 1.16 bits per heavy atom. The molecule has 2 aliphatic rings. The minimum atomic E-state index is -0.104. The van der Waals surface area contributed by atoms with Gasteiger partial charge < -0.3 is 14.8 Å². The molecule has 1 saturated heterocycles. The quantitative estimate of drug-likeness (QED) is 0.655. The lowest BCUT2D eigenvalue weighted by Gasteiger charge is -2.26. The molecule has 8 nitrogen and oxygen atoms in total. The molecule has 1 aromatic heterocycles. The van der Waals surface area contributed by atoms with Crippen LogP contribution in [0.25, 0.3) is 5.69 Å². The molecule has 9 heteroatoms. The lowest BCUT2D eigenvalue weighted by molar-refractivity contribution is -0.117. The van der Waals surface area contributed by atoms with Crippen LogP contribution in [0.2, 0.25) is 5.02 Å². The predicted molar refractivity (Wildman–Crippen MR) is 116 cm³/mol. The van der Waals surface area contributed by atoms with E-state index in [0.29, 0.717) is 29.6 Å². The zero-order valence-corrected chi connectivity index (χ0v) is 17.6. The van der Waals surface area contributed by atoms with Crippen LogP contribution in [0.5, 0.6) is 11.5 Å². The van der Waals surface area contributed by atoms with Crippen LogP contribution in [0, 0.1) is 0 Å². The van der Waals surface area contributed by atoms with Crippen molar-refractivity contribution in [1.82, 2.24) is 19.7 Å². The van der Waals surface area contributed by atoms with E-state index in [1.165, 1.54) is 6.33 Å². The molecule has 0 unspecified atom stereocenters. The fraction of sp³-hybridized carbons (Fsp3) is 0.318. The topological polar surface area (TPSA) is 81.5 Å². The lowest BCUT2D eigenvalue weighted by atomic mass is 10.0.